The van der Waals surface area contributed by atoms with Crippen molar-refractivity contribution in [2.75, 3.05) is 0 Å². The van der Waals surface area contributed by atoms with Gasteiger partial charge in [0.15, 0.2) is 0 Å². The third kappa shape index (κ3) is 2.05. The lowest BCUT2D eigenvalue weighted by molar-refractivity contribution is 0.232. The van der Waals surface area contributed by atoms with Gasteiger partial charge < -0.3 is 0 Å². The summed E-state index contributed by atoms with van der Waals surface area (Å²) in [6.45, 7) is 6.08. The van der Waals surface area contributed by atoms with Gasteiger partial charge in [0.1, 0.15) is 0 Å². The van der Waals surface area contributed by atoms with Crippen LogP contribution in [0.15, 0.2) is 15.8 Å². The van der Waals surface area contributed by atoms with E-state index in [0.29, 0.717) is 0 Å². The maximum atomic E-state index is 7.13. The second-order valence-electron chi connectivity index (χ2n) is 4.57. The molecule has 1 radical (unpaired) electrons. The first-order valence-electron chi connectivity index (χ1n) is 4.81. The predicted molar refractivity (Wildman–Crippen MR) is 53.3 cm³/mol. The van der Waals surface area contributed by atoms with E-state index in [1.165, 1.54) is 0 Å². The Labute approximate surface area is 84.8 Å². The minimum absolute atomic E-state index is 0.116. The molecule has 0 heterocycles. The molecule has 14 heavy (non-hydrogen) atoms. The normalized spacial score (nSPS) is 30.9. The molecule has 2 atom stereocenters. The number of rotatable bonds is 2. The van der Waals surface area contributed by atoms with Crippen LogP contribution >= 0.6 is 0 Å². The van der Waals surface area contributed by atoms with Crippen molar-refractivity contribution >= 4 is 0 Å². The van der Waals surface area contributed by atoms with Crippen LogP contribution in [-0.2, 0) is 0 Å². The zero-order valence-corrected chi connectivity index (χ0v) is 8.96. The van der Waals surface area contributed by atoms with Crippen LogP contribution in [0, 0.1) is 22.6 Å². The van der Waals surface area contributed by atoms with Gasteiger partial charge in [0.2, 0.25) is 0 Å². The fourth-order valence-corrected chi connectivity index (χ4v) is 2.14. The Balaban J connectivity index is 2.96. The van der Waals surface area contributed by atoms with Crippen molar-refractivity contribution in [2.45, 2.75) is 45.7 Å². The molecule has 1 fully saturated rings. The summed E-state index contributed by atoms with van der Waals surface area (Å²) in [6, 6.07) is -0.245. The van der Waals surface area contributed by atoms with Crippen molar-refractivity contribution in [3.05, 3.63) is 11.6 Å². The molecule has 1 rings (SSSR count). The summed E-state index contributed by atoms with van der Waals surface area (Å²) in [4.78, 5) is 0. The predicted octanol–water partition coefficient (Wildman–Crippen LogP) is 3.36. The van der Waals surface area contributed by atoms with E-state index in [9.17, 15) is 0 Å². The molecule has 0 saturated heterocycles. The van der Waals surface area contributed by atoms with E-state index >= 15 is 0 Å². The highest BCUT2D eigenvalue weighted by atomic mass is 15.0. The number of hydrogen-bond acceptors (Lipinski definition) is 4. The molecule has 0 aromatic heterocycles. The average molecular weight is 193 g/mol. The first-order valence-corrected chi connectivity index (χ1v) is 4.81. The highest BCUT2D eigenvalue weighted by Gasteiger charge is 2.37. The van der Waals surface area contributed by atoms with Crippen LogP contribution in [0.1, 0.15) is 33.6 Å². The lowest BCUT2D eigenvalue weighted by atomic mass is 9.71. The zero-order chi connectivity index (χ0) is 10.8. The van der Waals surface area contributed by atoms with Gasteiger partial charge in [0.25, 0.3) is 0 Å². The largest absolute Gasteiger partial charge is 0.209 e. The van der Waals surface area contributed by atoms with Crippen LogP contribution in [0.3, 0.4) is 0 Å². The molecule has 2 N–H and O–H groups in total. The molecule has 0 bridgehead atoms. The Hall–Kier alpha value is -1.06. The third-order valence-electron chi connectivity index (χ3n) is 2.81. The lowest BCUT2D eigenvalue weighted by Crippen LogP contribution is -2.35. The first-order chi connectivity index (χ1) is 6.54. The summed E-state index contributed by atoms with van der Waals surface area (Å²) in [7, 11) is 0. The van der Waals surface area contributed by atoms with E-state index in [4.69, 9.17) is 11.1 Å². The Morgan fingerprint density at radius 2 is 1.64 bits per heavy atom. The summed E-state index contributed by atoms with van der Waals surface area (Å²) < 4.78 is 0. The van der Waals surface area contributed by atoms with Crippen molar-refractivity contribution in [3.63, 3.8) is 0 Å². The second kappa shape index (κ2) is 3.98. The molecule has 1 aliphatic carbocycles. The molecule has 2 unspecified atom stereocenters. The molecule has 0 aromatic rings. The topological polar surface area (TPSA) is 72.4 Å². The molecule has 1 saturated carbocycles. The molecule has 1 aliphatic rings. The maximum absolute atomic E-state index is 7.13. The van der Waals surface area contributed by atoms with Gasteiger partial charge in [0, 0.05) is 0 Å². The molecule has 0 amide bonds. The van der Waals surface area contributed by atoms with Crippen LogP contribution in [0.4, 0.5) is 0 Å². The van der Waals surface area contributed by atoms with Crippen LogP contribution in [-0.4, -0.2) is 12.1 Å². The van der Waals surface area contributed by atoms with Gasteiger partial charge >= 0.3 is 0 Å². The quantitative estimate of drug-likeness (QED) is 0.631. The summed E-state index contributed by atoms with van der Waals surface area (Å²) in [5, 5.41) is 7.20. The Bertz CT molecular complexity index is 245. The van der Waals surface area contributed by atoms with Gasteiger partial charge in [-0.25, -0.2) is 11.1 Å². The van der Waals surface area contributed by atoms with E-state index in [2.05, 4.69) is 30.2 Å². The van der Waals surface area contributed by atoms with E-state index < -0.39 is 0 Å². The molecular weight excluding hydrogens is 176 g/mol. The van der Waals surface area contributed by atoms with Crippen molar-refractivity contribution in [1.82, 2.24) is 0 Å². The molecule has 0 aromatic carbocycles. The highest BCUT2D eigenvalue weighted by molar-refractivity contribution is 5.19. The van der Waals surface area contributed by atoms with Crippen molar-refractivity contribution in [2.24, 2.45) is 15.6 Å². The Morgan fingerprint density at radius 1 is 1.21 bits per heavy atom. The average Bonchev–Trinajstić information content (AvgIpc) is 2.15. The minimum atomic E-state index is -0.122. The molecular formula is C10H17N4. The van der Waals surface area contributed by atoms with Gasteiger partial charge in [-0.2, -0.15) is 10.2 Å². The van der Waals surface area contributed by atoms with Gasteiger partial charge in [-0.1, -0.05) is 13.8 Å². The molecule has 77 valence electrons. The van der Waals surface area contributed by atoms with Gasteiger partial charge in [-0.15, -0.1) is 0 Å². The molecule has 4 nitrogen and oxygen atoms in total. The highest BCUT2D eigenvalue weighted by Crippen LogP contribution is 2.40. The van der Waals surface area contributed by atoms with E-state index in [1.54, 1.807) is 0 Å². The van der Waals surface area contributed by atoms with Crippen LogP contribution in [0.5, 0.6) is 0 Å². The number of allylic oxidation sites excluding steroid dienone is 1. The van der Waals surface area contributed by atoms with Crippen LogP contribution < -0.4 is 0 Å². The summed E-state index contributed by atoms with van der Waals surface area (Å²) in [6.07, 6.45) is 4.75. The van der Waals surface area contributed by atoms with Gasteiger partial charge in [0.05, 0.1) is 12.1 Å². The SMILES string of the molecule is C[C]=C1C(N=N)CC(C)(C)CC1N=N. The molecule has 4 heteroatoms. The number of nitrogens with one attached hydrogen (secondary N) is 2. The van der Waals surface area contributed by atoms with E-state index in [1.807, 2.05) is 6.92 Å². The first kappa shape index (κ1) is 11.0. The minimum Gasteiger partial charge on any atom is -0.209 e. The van der Waals surface area contributed by atoms with E-state index in [-0.39, 0.29) is 17.5 Å². The van der Waals surface area contributed by atoms with E-state index in [0.717, 1.165) is 18.4 Å². The van der Waals surface area contributed by atoms with Gasteiger partial charge in [-0.3, -0.25) is 0 Å². The third-order valence-corrected chi connectivity index (χ3v) is 2.81. The summed E-state index contributed by atoms with van der Waals surface area (Å²) in [5.74, 6) is 0. The fraction of sp³-hybridized carbons (Fsp3) is 0.800. The van der Waals surface area contributed by atoms with Crippen LogP contribution in [0.2, 0.25) is 0 Å². The maximum Gasteiger partial charge on any atom is 0.0947 e. The molecule has 0 aliphatic heterocycles. The fourth-order valence-electron chi connectivity index (χ4n) is 2.14. The van der Waals surface area contributed by atoms with Crippen molar-refractivity contribution < 1.29 is 0 Å². The monoisotopic (exact) mass is 193 g/mol. The summed E-state index contributed by atoms with van der Waals surface area (Å²) >= 11 is 0. The van der Waals surface area contributed by atoms with Crippen molar-refractivity contribution in [1.29, 1.82) is 11.1 Å². The Morgan fingerprint density at radius 3 is 1.93 bits per heavy atom. The Kier molecular flexibility index (Phi) is 3.13. The standard InChI is InChI=1S/C10H17N4/c1-4-7-8(13-11)5-10(2,3)6-9(7)14-12/h8-9,11-12H,5-6H2,1-3H3. The van der Waals surface area contributed by atoms with Gasteiger partial charge in [-0.05, 0) is 36.8 Å². The second-order valence-corrected chi connectivity index (χ2v) is 4.57. The molecule has 0 spiro atoms. The smallest absolute Gasteiger partial charge is 0.0947 e. The number of hydrogen-bond donors (Lipinski definition) is 2. The van der Waals surface area contributed by atoms with Crippen LogP contribution in [0.25, 0.3) is 0 Å². The number of nitrogens with zero attached hydrogens (tertiary/aromatic N) is 2. The van der Waals surface area contributed by atoms with Crippen molar-refractivity contribution in [3.8, 4) is 0 Å². The summed E-state index contributed by atoms with van der Waals surface area (Å²) in [5.41, 5.74) is 15.3. The lowest BCUT2D eigenvalue weighted by Gasteiger charge is -2.37. The zero-order valence-electron chi connectivity index (χ0n) is 8.96.